The maximum Gasteiger partial charge on any atom is 0.237 e. The Morgan fingerprint density at radius 3 is 2.67 bits per heavy atom. The molecule has 2 aliphatic rings. The van der Waals surface area contributed by atoms with Crippen LogP contribution in [0.4, 0.5) is 0 Å². The van der Waals surface area contributed by atoms with Gasteiger partial charge in [0.1, 0.15) is 29.9 Å². The number of rotatable bonds is 7. The molecule has 4 N–H and O–H groups in total. The number of halogens is 1. The molecular formula is C18H33ClN2O5S. The summed E-state index contributed by atoms with van der Waals surface area (Å²) < 4.78 is 29.1. The number of thioether (sulfide) groups is 1. The van der Waals surface area contributed by atoms with Crippen molar-refractivity contribution in [3.05, 3.63) is 0 Å². The SMILES string of the molecule is [2H]C([2H])([2H])N1C[C@H](CCC)C[C@H]1C(=O)N[C@@H]([C@H]1O[C@H](SC)[C@H](O)[C@@H](O)[C@H]1O)[C@H](C)Cl. The van der Waals surface area contributed by atoms with Crippen molar-refractivity contribution in [2.75, 3.05) is 19.8 Å². The summed E-state index contributed by atoms with van der Waals surface area (Å²) in [4.78, 5) is 14.3. The fourth-order valence-corrected chi connectivity index (χ4v) is 4.76. The molecule has 0 unspecified atom stereocenters. The molecule has 9 heteroatoms. The standard InChI is InChI=1S/C18H33ClN2O5S/c1-5-6-10-7-11(21(3)8-10)17(25)20-12(9(2)19)16-14(23)13(22)15(24)18(26-16)27-4/h9-16,18,22-24H,5-8H2,1-4H3,(H,20,25)/t9-,10+,11-,12+,13-,14+,15+,16+,18+/m0/s1/i3D3. The number of amides is 1. The Hall–Kier alpha value is -0.0900. The molecular weight excluding hydrogens is 392 g/mol. The largest absolute Gasteiger partial charge is 0.388 e. The summed E-state index contributed by atoms with van der Waals surface area (Å²) in [6.45, 7) is 1.54. The van der Waals surface area contributed by atoms with E-state index < -0.39 is 60.2 Å². The van der Waals surface area contributed by atoms with Gasteiger partial charge < -0.3 is 25.4 Å². The topological polar surface area (TPSA) is 102 Å². The van der Waals surface area contributed by atoms with Crippen molar-refractivity contribution in [3.8, 4) is 0 Å². The van der Waals surface area contributed by atoms with E-state index in [9.17, 15) is 20.1 Å². The van der Waals surface area contributed by atoms with E-state index in [1.807, 2.05) is 6.92 Å². The van der Waals surface area contributed by atoms with Gasteiger partial charge in [-0.1, -0.05) is 13.3 Å². The zero-order valence-corrected chi connectivity index (χ0v) is 17.5. The number of carbonyl (C=O) groups excluding carboxylic acids is 1. The molecule has 2 saturated heterocycles. The van der Waals surface area contributed by atoms with E-state index in [1.165, 1.54) is 4.90 Å². The molecule has 1 amide bonds. The Balaban J connectivity index is 2.20. The van der Waals surface area contributed by atoms with E-state index in [0.717, 1.165) is 24.6 Å². The van der Waals surface area contributed by atoms with Crippen LogP contribution in [-0.4, -0.2) is 93.2 Å². The molecule has 2 fully saturated rings. The first kappa shape index (κ1) is 18.9. The molecule has 0 aliphatic carbocycles. The van der Waals surface area contributed by atoms with Crippen LogP contribution in [-0.2, 0) is 9.53 Å². The van der Waals surface area contributed by atoms with Crippen molar-refractivity contribution >= 4 is 29.3 Å². The smallest absolute Gasteiger partial charge is 0.237 e. The highest BCUT2D eigenvalue weighted by atomic mass is 35.5. The maximum absolute atomic E-state index is 13.1. The minimum Gasteiger partial charge on any atom is -0.388 e. The van der Waals surface area contributed by atoms with Crippen molar-refractivity contribution < 1.29 is 29.0 Å². The van der Waals surface area contributed by atoms with Crippen molar-refractivity contribution in [3.63, 3.8) is 0 Å². The first-order valence-corrected chi connectivity index (χ1v) is 11.1. The number of aliphatic hydroxyl groups excluding tert-OH is 3. The molecule has 0 aromatic rings. The molecule has 2 aliphatic heterocycles. The van der Waals surface area contributed by atoms with Crippen LogP contribution in [0, 0.1) is 5.92 Å². The van der Waals surface area contributed by atoms with E-state index in [0.29, 0.717) is 13.0 Å². The number of likely N-dealkylation sites (N-methyl/N-ethyl adjacent to an activating group) is 1. The minimum atomic E-state index is -2.41. The molecule has 9 atom stereocenters. The molecule has 0 aromatic carbocycles. The summed E-state index contributed by atoms with van der Waals surface area (Å²) in [5, 5.41) is 32.8. The Labute approximate surface area is 175 Å². The average molecular weight is 428 g/mol. The number of aliphatic hydroxyl groups is 3. The number of alkyl halides is 1. The molecule has 27 heavy (non-hydrogen) atoms. The van der Waals surface area contributed by atoms with E-state index in [4.69, 9.17) is 20.5 Å². The molecule has 0 radical (unpaired) electrons. The van der Waals surface area contributed by atoms with Crippen molar-refractivity contribution in [1.29, 1.82) is 0 Å². The van der Waals surface area contributed by atoms with Crippen LogP contribution in [0.5, 0.6) is 0 Å². The van der Waals surface area contributed by atoms with Gasteiger partial charge in [0, 0.05) is 10.7 Å². The van der Waals surface area contributed by atoms with Gasteiger partial charge in [0.15, 0.2) is 0 Å². The van der Waals surface area contributed by atoms with Gasteiger partial charge in [-0.05, 0) is 38.9 Å². The second-order valence-electron chi connectivity index (χ2n) is 7.45. The van der Waals surface area contributed by atoms with Crippen LogP contribution in [0.3, 0.4) is 0 Å². The highest BCUT2D eigenvalue weighted by Gasteiger charge is 2.48. The zero-order valence-electron chi connectivity index (χ0n) is 18.9. The summed E-state index contributed by atoms with van der Waals surface area (Å²) in [5.41, 5.74) is -0.803. The predicted molar refractivity (Wildman–Crippen MR) is 107 cm³/mol. The fourth-order valence-electron chi connectivity index (χ4n) is 3.87. The van der Waals surface area contributed by atoms with Gasteiger partial charge in [0.2, 0.25) is 5.91 Å². The normalized spacial score (nSPS) is 42.0. The van der Waals surface area contributed by atoms with Gasteiger partial charge in [-0.2, -0.15) is 0 Å². The molecule has 2 rings (SSSR count). The molecule has 2 heterocycles. The van der Waals surface area contributed by atoms with E-state index in [2.05, 4.69) is 5.32 Å². The highest BCUT2D eigenvalue weighted by molar-refractivity contribution is 7.99. The monoisotopic (exact) mass is 427 g/mol. The van der Waals surface area contributed by atoms with Gasteiger partial charge in [-0.15, -0.1) is 23.4 Å². The number of nitrogens with one attached hydrogen (secondary N) is 1. The Bertz CT molecular complexity index is 587. The zero-order chi connectivity index (χ0) is 22.8. The third kappa shape index (κ3) is 5.29. The second kappa shape index (κ2) is 10.1. The lowest BCUT2D eigenvalue weighted by atomic mass is 9.92. The summed E-state index contributed by atoms with van der Waals surface area (Å²) >= 11 is 7.46. The van der Waals surface area contributed by atoms with Gasteiger partial charge in [0.05, 0.1) is 17.5 Å². The summed E-state index contributed by atoms with van der Waals surface area (Å²) in [7, 11) is 0. The van der Waals surface area contributed by atoms with E-state index >= 15 is 0 Å². The number of likely N-dealkylation sites (tertiary alicyclic amines) is 1. The van der Waals surface area contributed by atoms with Crippen LogP contribution in [0.15, 0.2) is 0 Å². The van der Waals surface area contributed by atoms with Crippen molar-refractivity contribution in [2.24, 2.45) is 5.92 Å². The number of hydrogen-bond acceptors (Lipinski definition) is 7. The first-order chi connectivity index (χ1) is 13.9. The predicted octanol–water partition coefficient (Wildman–Crippen LogP) is 0.390. The first-order valence-electron chi connectivity index (χ1n) is 10.9. The van der Waals surface area contributed by atoms with Gasteiger partial charge in [0.25, 0.3) is 0 Å². The Kier molecular flexibility index (Phi) is 7.07. The van der Waals surface area contributed by atoms with Gasteiger partial charge >= 0.3 is 0 Å². The Morgan fingerprint density at radius 1 is 1.41 bits per heavy atom. The van der Waals surface area contributed by atoms with Gasteiger partial charge in [-0.25, -0.2) is 0 Å². The van der Waals surface area contributed by atoms with E-state index in [-0.39, 0.29) is 5.92 Å². The number of ether oxygens (including phenoxy) is 1. The third-order valence-electron chi connectivity index (χ3n) is 5.38. The number of carbonyl (C=O) groups is 1. The lowest BCUT2D eigenvalue weighted by molar-refractivity contribution is -0.205. The molecule has 0 bridgehead atoms. The number of hydrogen-bond donors (Lipinski definition) is 4. The van der Waals surface area contributed by atoms with Crippen LogP contribution in [0.1, 0.15) is 37.2 Å². The van der Waals surface area contributed by atoms with Gasteiger partial charge in [-0.3, -0.25) is 9.69 Å². The molecule has 7 nitrogen and oxygen atoms in total. The second-order valence-corrected chi connectivity index (χ2v) is 9.07. The summed E-state index contributed by atoms with van der Waals surface area (Å²) in [6.07, 6.45) is -1.45. The lowest BCUT2D eigenvalue weighted by Crippen LogP contribution is -2.65. The average Bonchev–Trinajstić information content (AvgIpc) is 3.09. The highest BCUT2D eigenvalue weighted by Crippen LogP contribution is 2.31. The summed E-state index contributed by atoms with van der Waals surface area (Å²) in [6, 6.07) is -1.74. The van der Waals surface area contributed by atoms with Crippen LogP contribution in [0.25, 0.3) is 0 Å². The molecule has 158 valence electrons. The van der Waals surface area contributed by atoms with E-state index in [1.54, 1.807) is 13.2 Å². The molecule has 0 aromatic heterocycles. The molecule has 0 spiro atoms. The van der Waals surface area contributed by atoms with Crippen LogP contribution >= 0.6 is 23.4 Å². The van der Waals surface area contributed by atoms with Crippen LogP contribution < -0.4 is 5.32 Å². The quantitative estimate of drug-likeness (QED) is 0.436. The molecule has 0 saturated carbocycles. The fraction of sp³-hybridized carbons (Fsp3) is 0.944. The van der Waals surface area contributed by atoms with Crippen LogP contribution in [0.2, 0.25) is 0 Å². The Morgan fingerprint density at radius 2 is 2.11 bits per heavy atom. The van der Waals surface area contributed by atoms with Crippen molar-refractivity contribution in [1.82, 2.24) is 10.2 Å². The lowest BCUT2D eigenvalue weighted by Gasteiger charge is -2.44. The minimum absolute atomic E-state index is 0.104. The number of nitrogens with zero attached hydrogens (tertiary/aromatic N) is 1. The maximum atomic E-state index is 13.1. The van der Waals surface area contributed by atoms with Crippen molar-refractivity contribution in [2.45, 2.75) is 80.4 Å². The third-order valence-corrected chi connectivity index (χ3v) is 6.51. The summed E-state index contributed by atoms with van der Waals surface area (Å²) in [5.74, 6) is -0.397.